The lowest BCUT2D eigenvalue weighted by Gasteiger charge is -2.50. The summed E-state index contributed by atoms with van der Waals surface area (Å²) in [6.45, 7) is 6.74. The van der Waals surface area contributed by atoms with Crippen LogP contribution < -0.4 is 9.47 Å². The van der Waals surface area contributed by atoms with Gasteiger partial charge in [-0.2, -0.15) is 0 Å². The molecule has 0 N–H and O–H groups in total. The monoisotopic (exact) mass is 492 g/mol. The summed E-state index contributed by atoms with van der Waals surface area (Å²) in [5.41, 5.74) is 0.0976. The lowest BCUT2D eigenvalue weighted by atomic mass is 9.63. The molecule has 0 bridgehead atoms. The van der Waals surface area contributed by atoms with Crippen LogP contribution in [0.3, 0.4) is 0 Å². The molecule has 1 amide bonds. The number of carbonyl (C=O) groups is 1. The lowest BCUT2D eigenvalue weighted by molar-refractivity contribution is 0.00490. The van der Waals surface area contributed by atoms with Crippen molar-refractivity contribution < 1.29 is 27.4 Å². The first-order valence-electron chi connectivity index (χ1n) is 12.5. The summed E-state index contributed by atoms with van der Waals surface area (Å²) in [6, 6.07) is 6.18. The van der Waals surface area contributed by atoms with Crippen molar-refractivity contribution in [3.63, 3.8) is 0 Å². The molecule has 35 heavy (non-hydrogen) atoms. The van der Waals surface area contributed by atoms with Gasteiger partial charge in [0, 0.05) is 43.6 Å². The fourth-order valence-corrected chi connectivity index (χ4v) is 6.04. The summed E-state index contributed by atoms with van der Waals surface area (Å²) in [7, 11) is 1.54. The first-order chi connectivity index (χ1) is 16.7. The Balaban J connectivity index is 1.58. The third kappa shape index (κ3) is 4.52. The molecule has 2 aromatic rings. The van der Waals surface area contributed by atoms with Crippen LogP contribution in [-0.4, -0.2) is 42.2 Å². The Hall–Kier alpha value is -2.64. The van der Waals surface area contributed by atoms with E-state index in [1.165, 1.54) is 4.57 Å². The Morgan fingerprint density at radius 3 is 2.46 bits per heavy atom. The number of nitrogens with zero attached hydrogens (tertiary/aromatic N) is 2. The molecule has 5 nitrogen and oxygen atoms in total. The maximum Gasteiger partial charge on any atom is 0.285 e. The second kappa shape index (κ2) is 9.78. The topological polar surface area (TPSA) is 43.7 Å². The molecule has 4 rings (SSSR count). The highest BCUT2D eigenvalue weighted by Gasteiger charge is 2.50. The zero-order chi connectivity index (χ0) is 25.4. The van der Waals surface area contributed by atoms with Gasteiger partial charge in [0.05, 0.1) is 25.1 Å². The number of halogens is 3. The zero-order valence-corrected chi connectivity index (χ0v) is 21.0. The van der Waals surface area contributed by atoms with Crippen LogP contribution in [0.25, 0.3) is 0 Å². The number of alkyl halides is 2. The molecule has 8 heteroatoms. The SMILES string of the molecule is CCCOc1ccc(C(=O)N2CCC3(CC2)c2c(F)cc(C(C)(F)F)n2CCC3CC)cc1OC. The van der Waals surface area contributed by atoms with Crippen LogP contribution in [0.5, 0.6) is 11.5 Å². The maximum absolute atomic E-state index is 15.2. The highest BCUT2D eigenvalue weighted by molar-refractivity contribution is 5.95. The highest BCUT2D eigenvalue weighted by Crippen LogP contribution is 2.51. The molecule has 1 aromatic carbocycles. The van der Waals surface area contributed by atoms with Gasteiger partial charge in [-0.1, -0.05) is 20.3 Å². The predicted molar refractivity (Wildman–Crippen MR) is 128 cm³/mol. The Morgan fingerprint density at radius 1 is 1.14 bits per heavy atom. The summed E-state index contributed by atoms with van der Waals surface area (Å²) < 4.78 is 56.3. The van der Waals surface area contributed by atoms with Crippen LogP contribution in [0, 0.1) is 11.7 Å². The molecule has 1 fully saturated rings. The second-order valence-electron chi connectivity index (χ2n) is 9.82. The van der Waals surface area contributed by atoms with Crippen LogP contribution in [0.2, 0.25) is 0 Å². The van der Waals surface area contributed by atoms with Crippen molar-refractivity contribution in [2.45, 2.75) is 70.8 Å². The van der Waals surface area contributed by atoms with Gasteiger partial charge in [-0.05, 0) is 49.8 Å². The summed E-state index contributed by atoms with van der Waals surface area (Å²) in [5.74, 6) is -2.50. The predicted octanol–water partition coefficient (Wildman–Crippen LogP) is 6.14. The molecule has 3 heterocycles. The minimum Gasteiger partial charge on any atom is -0.493 e. The number of likely N-dealkylation sites (tertiary alicyclic amines) is 1. The number of amides is 1. The van der Waals surface area contributed by atoms with E-state index in [9.17, 15) is 13.6 Å². The van der Waals surface area contributed by atoms with E-state index in [2.05, 4.69) is 6.92 Å². The van der Waals surface area contributed by atoms with Gasteiger partial charge in [0.25, 0.3) is 11.8 Å². The van der Waals surface area contributed by atoms with E-state index in [0.717, 1.165) is 32.3 Å². The summed E-state index contributed by atoms with van der Waals surface area (Å²) >= 11 is 0. The molecule has 2 aliphatic heterocycles. The number of methoxy groups -OCH3 is 1. The van der Waals surface area contributed by atoms with Crippen LogP contribution in [0.15, 0.2) is 24.3 Å². The van der Waals surface area contributed by atoms with Crippen molar-refractivity contribution in [2.75, 3.05) is 26.8 Å². The standard InChI is InChI=1S/C27H35F3N2O3/c1-5-15-35-21-8-7-18(16-22(21)34-4)25(33)31-13-10-27(11-14-31)19(6-2)9-12-32-23(26(3,29)30)17-20(28)24(27)32/h7-8,16-17,19H,5-6,9-15H2,1-4H3. The molecule has 192 valence electrons. The molecule has 0 saturated carbocycles. The molecule has 0 radical (unpaired) electrons. The normalized spacial score (nSPS) is 19.5. The average Bonchev–Trinajstić information content (AvgIpc) is 3.21. The third-order valence-corrected chi connectivity index (χ3v) is 7.76. The van der Waals surface area contributed by atoms with E-state index in [1.54, 1.807) is 30.2 Å². The van der Waals surface area contributed by atoms with Crippen LogP contribution in [0.4, 0.5) is 13.2 Å². The molecular weight excluding hydrogens is 457 g/mol. The number of piperidine rings is 1. The van der Waals surface area contributed by atoms with Gasteiger partial charge in [-0.3, -0.25) is 4.79 Å². The molecule has 0 aliphatic carbocycles. The van der Waals surface area contributed by atoms with E-state index in [-0.39, 0.29) is 17.5 Å². The molecule has 1 aromatic heterocycles. The van der Waals surface area contributed by atoms with Crippen LogP contribution >= 0.6 is 0 Å². The average molecular weight is 493 g/mol. The van der Waals surface area contributed by atoms with E-state index >= 15 is 4.39 Å². The van der Waals surface area contributed by atoms with Crippen LogP contribution in [-0.2, 0) is 17.9 Å². The zero-order valence-electron chi connectivity index (χ0n) is 21.0. The van der Waals surface area contributed by atoms with Gasteiger partial charge in [-0.15, -0.1) is 0 Å². The van der Waals surface area contributed by atoms with Gasteiger partial charge in [0.15, 0.2) is 11.5 Å². The Bertz CT molecular complexity index is 1070. The number of aromatic nitrogens is 1. The third-order valence-electron chi connectivity index (χ3n) is 7.76. The maximum atomic E-state index is 15.2. The first kappa shape index (κ1) is 25.5. The minimum atomic E-state index is -3.11. The number of hydrogen-bond donors (Lipinski definition) is 0. The van der Waals surface area contributed by atoms with Gasteiger partial charge in [-0.25, -0.2) is 13.2 Å². The van der Waals surface area contributed by atoms with E-state index in [1.807, 2.05) is 6.92 Å². The van der Waals surface area contributed by atoms with E-state index in [4.69, 9.17) is 9.47 Å². The fraction of sp³-hybridized carbons (Fsp3) is 0.593. The van der Waals surface area contributed by atoms with E-state index in [0.29, 0.717) is 61.8 Å². The summed E-state index contributed by atoms with van der Waals surface area (Å²) in [6.07, 6.45) is 3.51. The van der Waals surface area contributed by atoms with Gasteiger partial charge in [0.2, 0.25) is 0 Å². The Kier molecular flexibility index (Phi) is 7.11. The smallest absolute Gasteiger partial charge is 0.285 e. The summed E-state index contributed by atoms with van der Waals surface area (Å²) in [5, 5.41) is 0. The number of fused-ring (bicyclic) bond motifs is 2. The Labute approximate surface area is 205 Å². The van der Waals surface area contributed by atoms with Crippen molar-refractivity contribution in [3.05, 3.63) is 47.0 Å². The van der Waals surface area contributed by atoms with Crippen molar-refractivity contribution in [1.82, 2.24) is 9.47 Å². The first-order valence-corrected chi connectivity index (χ1v) is 12.5. The largest absolute Gasteiger partial charge is 0.493 e. The van der Waals surface area contributed by atoms with Gasteiger partial charge in [0.1, 0.15) is 5.82 Å². The Morgan fingerprint density at radius 2 is 1.86 bits per heavy atom. The molecule has 1 spiro atoms. The van der Waals surface area contributed by atoms with Crippen molar-refractivity contribution >= 4 is 5.91 Å². The number of ether oxygens (including phenoxy) is 2. The highest BCUT2D eigenvalue weighted by atomic mass is 19.3. The molecule has 1 atom stereocenters. The summed E-state index contributed by atoms with van der Waals surface area (Å²) in [4.78, 5) is 15.1. The quantitative estimate of drug-likeness (QED) is 0.466. The number of benzene rings is 1. The molecule has 1 unspecified atom stereocenters. The van der Waals surface area contributed by atoms with E-state index < -0.39 is 17.2 Å². The lowest BCUT2D eigenvalue weighted by Crippen LogP contribution is -2.51. The van der Waals surface area contributed by atoms with Crippen molar-refractivity contribution in [2.24, 2.45) is 5.92 Å². The number of carbonyl (C=O) groups excluding carboxylic acids is 1. The van der Waals surface area contributed by atoms with Gasteiger partial charge < -0.3 is 18.9 Å². The van der Waals surface area contributed by atoms with Crippen molar-refractivity contribution in [3.8, 4) is 11.5 Å². The fourth-order valence-electron chi connectivity index (χ4n) is 6.04. The van der Waals surface area contributed by atoms with Crippen molar-refractivity contribution in [1.29, 1.82) is 0 Å². The second-order valence-corrected chi connectivity index (χ2v) is 9.82. The molecule has 2 aliphatic rings. The van der Waals surface area contributed by atoms with Gasteiger partial charge >= 0.3 is 0 Å². The number of rotatable bonds is 7. The molecular formula is C27H35F3N2O3. The minimum absolute atomic E-state index is 0.124. The molecule has 1 saturated heterocycles. The van der Waals surface area contributed by atoms with Crippen LogP contribution in [0.1, 0.15) is 74.6 Å². The number of hydrogen-bond acceptors (Lipinski definition) is 3.